The Labute approximate surface area is 134 Å². The monoisotopic (exact) mass is 324 g/mol. The van der Waals surface area contributed by atoms with Crippen molar-refractivity contribution in [1.29, 1.82) is 0 Å². The number of ether oxygens (including phenoxy) is 4. The number of esters is 3. The van der Waals surface area contributed by atoms with E-state index in [-0.39, 0.29) is 34.3 Å². The Kier molecular flexibility index (Phi) is 2.44. The van der Waals surface area contributed by atoms with Crippen molar-refractivity contribution in [2.45, 2.75) is 12.4 Å². The maximum Gasteiger partial charge on any atom is 0.350 e. The van der Waals surface area contributed by atoms with Gasteiger partial charge in [0.2, 0.25) is 6.29 Å². The summed E-state index contributed by atoms with van der Waals surface area (Å²) in [6, 6.07) is 9.65. The number of hydrogen-bond donors (Lipinski definition) is 0. The van der Waals surface area contributed by atoms with E-state index in [2.05, 4.69) is 4.74 Å². The van der Waals surface area contributed by atoms with E-state index in [1.165, 1.54) is 12.1 Å². The van der Waals surface area contributed by atoms with Crippen LogP contribution in [0.3, 0.4) is 0 Å². The highest BCUT2D eigenvalue weighted by Crippen LogP contribution is 2.48. The topological polar surface area (TPSA) is 91.4 Å². The zero-order valence-electron chi connectivity index (χ0n) is 12.0. The van der Waals surface area contributed by atoms with Crippen molar-refractivity contribution in [1.82, 2.24) is 0 Å². The average Bonchev–Trinajstić information content (AvgIpc) is 3.27. The number of epoxide rings is 1. The first-order chi connectivity index (χ1) is 11.6. The molecule has 0 aliphatic carbocycles. The van der Waals surface area contributed by atoms with Crippen LogP contribution < -0.4 is 4.74 Å². The molecule has 0 N–H and O–H groups in total. The molecular weight excluding hydrogens is 316 g/mol. The van der Waals surface area contributed by atoms with Crippen molar-refractivity contribution < 1.29 is 33.3 Å². The van der Waals surface area contributed by atoms with Crippen LogP contribution in [0.2, 0.25) is 0 Å². The fourth-order valence-electron chi connectivity index (χ4n) is 2.97. The number of cyclic esters (lactones) is 2. The number of hydrogen-bond acceptors (Lipinski definition) is 7. The molecule has 0 saturated carbocycles. The molecule has 0 spiro atoms. The van der Waals surface area contributed by atoms with E-state index < -0.39 is 24.2 Å². The molecule has 0 amide bonds. The highest BCUT2D eigenvalue weighted by atomic mass is 16.8. The summed E-state index contributed by atoms with van der Waals surface area (Å²) in [5.41, 5.74) is 1.12. The lowest BCUT2D eigenvalue weighted by Crippen LogP contribution is -2.17. The summed E-state index contributed by atoms with van der Waals surface area (Å²) in [6.45, 7) is 0. The van der Waals surface area contributed by atoms with Crippen LogP contribution in [-0.2, 0) is 14.2 Å². The normalized spacial score (nSPS) is 22.9. The van der Waals surface area contributed by atoms with Crippen molar-refractivity contribution >= 4 is 17.9 Å². The van der Waals surface area contributed by atoms with Gasteiger partial charge in [-0.3, -0.25) is 0 Å². The van der Waals surface area contributed by atoms with E-state index in [1.54, 1.807) is 24.3 Å². The van der Waals surface area contributed by atoms with Gasteiger partial charge in [0.15, 0.2) is 6.10 Å². The minimum atomic E-state index is -0.774. The van der Waals surface area contributed by atoms with Crippen LogP contribution in [0.5, 0.6) is 11.5 Å². The molecule has 2 atom stereocenters. The summed E-state index contributed by atoms with van der Waals surface area (Å²) in [5.74, 6) is -1.67. The van der Waals surface area contributed by atoms with E-state index >= 15 is 0 Å². The number of carbonyl (C=O) groups is 3. The number of rotatable bonds is 2. The molecule has 3 aliphatic rings. The summed E-state index contributed by atoms with van der Waals surface area (Å²) in [7, 11) is 0. The molecule has 118 valence electrons. The molecule has 3 heterocycles. The third-order valence-corrected chi connectivity index (χ3v) is 4.10. The summed E-state index contributed by atoms with van der Waals surface area (Å²) < 4.78 is 20.7. The Hall–Kier alpha value is -3.19. The molecule has 0 aromatic heterocycles. The van der Waals surface area contributed by atoms with Crippen molar-refractivity contribution in [3.05, 3.63) is 58.7 Å². The second kappa shape index (κ2) is 4.42. The van der Waals surface area contributed by atoms with Crippen molar-refractivity contribution in [3.63, 3.8) is 0 Å². The molecule has 1 fully saturated rings. The highest BCUT2D eigenvalue weighted by molar-refractivity contribution is 6.16. The molecule has 0 bridgehead atoms. The van der Waals surface area contributed by atoms with Gasteiger partial charge in [-0.2, -0.15) is 0 Å². The lowest BCUT2D eigenvalue weighted by molar-refractivity contribution is 0.0287. The Morgan fingerprint density at radius 1 is 0.833 bits per heavy atom. The van der Waals surface area contributed by atoms with E-state index in [0.717, 1.165) is 0 Å². The molecule has 7 nitrogen and oxygen atoms in total. The second-order valence-electron chi connectivity index (χ2n) is 5.51. The minimum absolute atomic E-state index is 0.0461. The zero-order chi connectivity index (χ0) is 16.4. The Bertz CT molecular complexity index is 946. The van der Waals surface area contributed by atoms with Gasteiger partial charge in [0, 0.05) is 5.56 Å². The standard InChI is InChI=1S/C17H8O7/c18-14-8-4-2-6-10(12(8)15(19)23-14)21-9-5-1-3-7-11(9)16(20)24-17-13(7)22-17/h1-6,13,17H. The van der Waals surface area contributed by atoms with Gasteiger partial charge >= 0.3 is 17.9 Å². The van der Waals surface area contributed by atoms with Crippen molar-refractivity contribution in [2.75, 3.05) is 0 Å². The Morgan fingerprint density at radius 2 is 1.58 bits per heavy atom. The third kappa shape index (κ3) is 1.73. The summed E-state index contributed by atoms with van der Waals surface area (Å²) in [4.78, 5) is 35.6. The predicted molar refractivity (Wildman–Crippen MR) is 75.7 cm³/mol. The molecular formula is C17H8O7. The summed E-state index contributed by atoms with van der Waals surface area (Å²) in [6.07, 6.45) is -0.817. The molecule has 0 radical (unpaired) electrons. The molecule has 2 aromatic rings. The summed E-state index contributed by atoms with van der Waals surface area (Å²) >= 11 is 0. The van der Waals surface area contributed by atoms with Crippen LogP contribution >= 0.6 is 0 Å². The van der Waals surface area contributed by atoms with Crippen LogP contribution in [0.1, 0.15) is 42.7 Å². The van der Waals surface area contributed by atoms with Crippen LogP contribution in [-0.4, -0.2) is 24.2 Å². The molecule has 24 heavy (non-hydrogen) atoms. The number of benzene rings is 2. The molecule has 5 rings (SSSR count). The lowest BCUT2D eigenvalue weighted by atomic mass is 10.0. The smallest absolute Gasteiger partial charge is 0.350 e. The first-order valence-electron chi connectivity index (χ1n) is 7.20. The number of fused-ring (bicyclic) bond motifs is 4. The van der Waals surface area contributed by atoms with E-state index in [9.17, 15) is 14.4 Å². The predicted octanol–water partition coefficient (Wildman–Crippen LogP) is 2.36. The van der Waals surface area contributed by atoms with Gasteiger partial charge in [-0.15, -0.1) is 0 Å². The molecule has 2 unspecified atom stereocenters. The zero-order valence-corrected chi connectivity index (χ0v) is 12.0. The van der Waals surface area contributed by atoms with Gasteiger partial charge < -0.3 is 18.9 Å². The molecule has 1 saturated heterocycles. The van der Waals surface area contributed by atoms with Gasteiger partial charge in [0.25, 0.3) is 0 Å². The van der Waals surface area contributed by atoms with E-state index in [0.29, 0.717) is 5.56 Å². The van der Waals surface area contributed by atoms with Gasteiger partial charge in [-0.1, -0.05) is 18.2 Å². The van der Waals surface area contributed by atoms with E-state index in [1.807, 2.05) is 0 Å². The second-order valence-corrected chi connectivity index (χ2v) is 5.51. The maximum atomic E-state index is 12.2. The fourth-order valence-corrected chi connectivity index (χ4v) is 2.97. The highest BCUT2D eigenvalue weighted by Gasteiger charge is 2.51. The van der Waals surface area contributed by atoms with Crippen LogP contribution in [0, 0.1) is 0 Å². The van der Waals surface area contributed by atoms with Gasteiger partial charge in [0.05, 0.1) is 5.56 Å². The number of carbonyl (C=O) groups excluding carboxylic acids is 3. The quantitative estimate of drug-likeness (QED) is 0.475. The molecule has 3 aliphatic heterocycles. The van der Waals surface area contributed by atoms with Gasteiger partial charge in [0.1, 0.15) is 22.6 Å². The average molecular weight is 324 g/mol. The third-order valence-electron chi connectivity index (χ3n) is 4.10. The SMILES string of the molecule is O=C1OC(=O)c2c(Oc3cccc4c3C(=O)OC3OC43)cccc21. The lowest BCUT2D eigenvalue weighted by Gasteiger charge is -2.16. The van der Waals surface area contributed by atoms with Crippen molar-refractivity contribution in [2.24, 2.45) is 0 Å². The first-order valence-corrected chi connectivity index (χ1v) is 7.20. The van der Waals surface area contributed by atoms with Gasteiger partial charge in [-0.25, -0.2) is 14.4 Å². The van der Waals surface area contributed by atoms with Crippen LogP contribution in [0.4, 0.5) is 0 Å². The maximum absolute atomic E-state index is 12.2. The van der Waals surface area contributed by atoms with Gasteiger partial charge in [-0.05, 0) is 18.2 Å². The van der Waals surface area contributed by atoms with Crippen LogP contribution in [0.15, 0.2) is 36.4 Å². The Morgan fingerprint density at radius 3 is 2.42 bits per heavy atom. The Balaban J connectivity index is 1.62. The van der Waals surface area contributed by atoms with Crippen molar-refractivity contribution in [3.8, 4) is 11.5 Å². The van der Waals surface area contributed by atoms with E-state index in [4.69, 9.17) is 14.2 Å². The molecule has 2 aromatic carbocycles. The largest absolute Gasteiger partial charge is 0.456 e. The fraction of sp³-hybridized carbons (Fsp3) is 0.118. The minimum Gasteiger partial charge on any atom is -0.456 e. The first kappa shape index (κ1) is 13.3. The molecule has 7 heteroatoms. The van der Waals surface area contributed by atoms with Crippen LogP contribution in [0.25, 0.3) is 0 Å². The summed E-state index contributed by atoms with van der Waals surface area (Å²) in [5, 5.41) is 0.